The number of nitrogens with one attached hydrogen (secondary N) is 1. The van der Waals surface area contributed by atoms with Crippen molar-refractivity contribution in [2.45, 2.75) is 69.0 Å². The van der Waals surface area contributed by atoms with Crippen LogP contribution < -0.4 is 9.62 Å². The normalized spacial score (nSPS) is 14.7. The fourth-order valence-corrected chi connectivity index (χ4v) is 7.07. The molecule has 0 aromatic heterocycles. The third kappa shape index (κ3) is 8.11. The molecule has 1 saturated carbocycles. The zero-order chi connectivity index (χ0) is 29.4. The first-order valence-corrected chi connectivity index (χ1v) is 16.5. The van der Waals surface area contributed by atoms with Gasteiger partial charge in [-0.2, -0.15) is 0 Å². The average molecular weight is 661 g/mol. The van der Waals surface area contributed by atoms with Gasteiger partial charge in [0, 0.05) is 22.1 Å². The van der Waals surface area contributed by atoms with Crippen molar-refractivity contribution in [3.05, 3.63) is 93.9 Å². The molecule has 1 fully saturated rings. The molecule has 0 heterocycles. The zero-order valence-corrected chi connectivity index (χ0v) is 26.2. The van der Waals surface area contributed by atoms with Crippen LogP contribution in [0.2, 0.25) is 5.02 Å². The van der Waals surface area contributed by atoms with Gasteiger partial charge in [-0.1, -0.05) is 90.1 Å². The highest BCUT2D eigenvalue weighted by molar-refractivity contribution is 9.10. The van der Waals surface area contributed by atoms with E-state index in [0.717, 1.165) is 42.0 Å². The van der Waals surface area contributed by atoms with E-state index in [0.29, 0.717) is 21.6 Å². The van der Waals surface area contributed by atoms with Crippen molar-refractivity contribution in [2.24, 2.45) is 0 Å². The Balaban J connectivity index is 1.69. The van der Waals surface area contributed by atoms with E-state index in [1.54, 1.807) is 66.7 Å². The zero-order valence-electron chi connectivity index (χ0n) is 23.0. The monoisotopic (exact) mass is 659 g/mol. The third-order valence-electron chi connectivity index (χ3n) is 7.31. The molecule has 4 rings (SSSR count). The minimum atomic E-state index is -4.11. The first-order chi connectivity index (χ1) is 19.7. The summed E-state index contributed by atoms with van der Waals surface area (Å²) in [6.45, 7) is 1.51. The first kappa shape index (κ1) is 31.1. The Morgan fingerprint density at radius 2 is 1.66 bits per heavy atom. The predicted molar refractivity (Wildman–Crippen MR) is 166 cm³/mol. The second-order valence-electron chi connectivity index (χ2n) is 10.2. The lowest BCUT2D eigenvalue weighted by molar-refractivity contribution is -0.140. The second-order valence-corrected chi connectivity index (χ2v) is 13.4. The molecule has 3 aromatic rings. The van der Waals surface area contributed by atoms with Crippen molar-refractivity contribution in [1.29, 1.82) is 0 Å². The quantitative estimate of drug-likeness (QED) is 0.253. The number of rotatable bonds is 11. The maximum absolute atomic E-state index is 14.2. The smallest absolute Gasteiger partial charge is 0.264 e. The lowest BCUT2D eigenvalue weighted by Gasteiger charge is -2.34. The maximum Gasteiger partial charge on any atom is 0.264 e. The summed E-state index contributed by atoms with van der Waals surface area (Å²) in [5.41, 5.74) is 1.12. The summed E-state index contributed by atoms with van der Waals surface area (Å²) in [4.78, 5) is 29.3. The minimum absolute atomic E-state index is 0.0686. The number of sulfonamides is 1. The predicted octanol–water partition coefficient (Wildman–Crippen LogP) is 6.55. The SMILES string of the molecule is CCC(C(=O)NC1CCCCC1)N(Cc1ccc(Cl)cc1)C(=O)CN(c1cccc(Br)c1)S(=O)(=O)c1ccccc1. The molecule has 218 valence electrons. The van der Waals surface area contributed by atoms with Gasteiger partial charge >= 0.3 is 0 Å². The van der Waals surface area contributed by atoms with E-state index in [-0.39, 0.29) is 23.4 Å². The van der Waals surface area contributed by atoms with E-state index in [1.165, 1.54) is 17.0 Å². The molecule has 1 N–H and O–H groups in total. The minimum Gasteiger partial charge on any atom is -0.352 e. The summed E-state index contributed by atoms with van der Waals surface area (Å²) < 4.78 is 29.5. The van der Waals surface area contributed by atoms with E-state index in [2.05, 4.69) is 21.2 Å². The summed E-state index contributed by atoms with van der Waals surface area (Å²) >= 11 is 9.51. The van der Waals surface area contributed by atoms with Crippen LogP contribution in [0, 0.1) is 0 Å². The Kier molecular flexibility index (Phi) is 10.9. The van der Waals surface area contributed by atoms with Crippen molar-refractivity contribution in [3.8, 4) is 0 Å². The van der Waals surface area contributed by atoms with Crippen LogP contribution in [0.4, 0.5) is 5.69 Å². The molecule has 0 aliphatic heterocycles. The molecule has 2 amide bonds. The third-order valence-corrected chi connectivity index (χ3v) is 9.84. The Hall–Kier alpha value is -2.88. The molecule has 0 saturated heterocycles. The first-order valence-electron chi connectivity index (χ1n) is 13.9. The van der Waals surface area contributed by atoms with Crippen LogP contribution in [0.1, 0.15) is 51.0 Å². The van der Waals surface area contributed by atoms with Crippen LogP contribution in [0.15, 0.2) is 88.2 Å². The van der Waals surface area contributed by atoms with Crippen LogP contribution in [-0.2, 0) is 26.2 Å². The molecule has 1 unspecified atom stereocenters. The largest absolute Gasteiger partial charge is 0.352 e. The highest BCUT2D eigenvalue weighted by atomic mass is 79.9. The number of amides is 2. The molecule has 0 radical (unpaired) electrons. The van der Waals surface area contributed by atoms with Crippen LogP contribution in [0.25, 0.3) is 0 Å². The van der Waals surface area contributed by atoms with Crippen LogP contribution >= 0.6 is 27.5 Å². The number of benzene rings is 3. The Morgan fingerprint density at radius 3 is 2.29 bits per heavy atom. The molecule has 7 nitrogen and oxygen atoms in total. The highest BCUT2D eigenvalue weighted by Crippen LogP contribution is 2.27. The lowest BCUT2D eigenvalue weighted by Crippen LogP contribution is -2.54. The molecule has 10 heteroatoms. The number of halogens is 2. The fourth-order valence-electron chi connectivity index (χ4n) is 5.13. The fraction of sp³-hybridized carbons (Fsp3) is 0.355. The Morgan fingerprint density at radius 1 is 0.976 bits per heavy atom. The Labute approximate surface area is 256 Å². The average Bonchev–Trinajstić information content (AvgIpc) is 2.97. The number of hydrogen-bond donors (Lipinski definition) is 1. The standard InChI is InChI=1S/C31H35BrClN3O4S/c1-2-29(31(38)34-26-11-5-3-6-12-26)35(21-23-16-18-25(33)19-17-23)30(37)22-36(27-13-9-10-24(32)20-27)41(39,40)28-14-7-4-8-15-28/h4,7-10,13-20,26,29H,2-3,5-6,11-12,21-22H2,1H3,(H,34,38). The maximum atomic E-state index is 14.2. The van der Waals surface area contributed by atoms with Crippen molar-refractivity contribution in [1.82, 2.24) is 10.2 Å². The van der Waals surface area contributed by atoms with Crippen LogP contribution in [-0.4, -0.2) is 43.8 Å². The number of carbonyl (C=O) groups excluding carboxylic acids is 2. The van der Waals surface area contributed by atoms with Gasteiger partial charge < -0.3 is 10.2 Å². The molecule has 1 atom stereocenters. The van der Waals surface area contributed by atoms with Crippen molar-refractivity contribution in [3.63, 3.8) is 0 Å². The molecular weight excluding hydrogens is 626 g/mol. The van der Waals surface area contributed by atoms with E-state index in [1.807, 2.05) is 6.92 Å². The summed E-state index contributed by atoms with van der Waals surface area (Å²) in [6, 6.07) is 21.2. The summed E-state index contributed by atoms with van der Waals surface area (Å²) in [5, 5.41) is 3.72. The van der Waals surface area contributed by atoms with Gasteiger partial charge in [-0.05, 0) is 67.3 Å². The van der Waals surface area contributed by atoms with E-state index < -0.39 is 28.5 Å². The number of nitrogens with zero attached hydrogens (tertiary/aromatic N) is 2. The topological polar surface area (TPSA) is 86.8 Å². The van der Waals surface area contributed by atoms with Gasteiger partial charge in [0.05, 0.1) is 10.6 Å². The van der Waals surface area contributed by atoms with Gasteiger partial charge in [0.1, 0.15) is 12.6 Å². The number of carbonyl (C=O) groups is 2. The number of hydrogen-bond acceptors (Lipinski definition) is 4. The Bertz CT molecular complexity index is 1430. The number of anilines is 1. The van der Waals surface area contributed by atoms with E-state index >= 15 is 0 Å². The molecule has 0 spiro atoms. The highest BCUT2D eigenvalue weighted by Gasteiger charge is 2.34. The second kappa shape index (κ2) is 14.3. The van der Waals surface area contributed by atoms with Crippen molar-refractivity contribution < 1.29 is 18.0 Å². The summed E-state index contributed by atoms with van der Waals surface area (Å²) in [6.07, 6.45) is 5.49. The van der Waals surface area contributed by atoms with Gasteiger partial charge in [0.2, 0.25) is 11.8 Å². The van der Waals surface area contributed by atoms with Gasteiger partial charge in [-0.3, -0.25) is 13.9 Å². The molecule has 1 aliphatic rings. The molecular formula is C31H35BrClN3O4S. The van der Waals surface area contributed by atoms with E-state index in [9.17, 15) is 18.0 Å². The van der Waals surface area contributed by atoms with Crippen molar-refractivity contribution in [2.75, 3.05) is 10.8 Å². The van der Waals surface area contributed by atoms with Gasteiger partial charge in [-0.25, -0.2) is 8.42 Å². The lowest BCUT2D eigenvalue weighted by atomic mass is 9.95. The molecule has 3 aromatic carbocycles. The molecule has 0 bridgehead atoms. The summed E-state index contributed by atoms with van der Waals surface area (Å²) in [5.74, 6) is -0.702. The van der Waals surface area contributed by atoms with Crippen LogP contribution in [0.5, 0.6) is 0 Å². The summed E-state index contributed by atoms with van der Waals surface area (Å²) in [7, 11) is -4.11. The molecule has 41 heavy (non-hydrogen) atoms. The van der Waals surface area contributed by atoms with E-state index in [4.69, 9.17) is 11.6 Å². The van der Waals surface area contributed by atoms with Gasteiger partial charge in [0.25, 0.3) is 10.0 Å². The molecule has 1 aliphatic carbocycles. The van der Waals surface area contributed by atoms with Crippen molar-refractivity contribution >= 4 is 55.1 Å². The van der Waals surface area contributed by atoms with Crippen LogP contribution in [0.3, 0.4) is 0 Å². The van der Waals surface area contributed by atoms with Gasteiger partial charge in [0.15, 0.2) is 0 Å². The van der Waals surface area contributed by atoms with Gasteiger partial charge in [-0.15, -0.1) is 0 Å².